The van der Waals surface area contributed by atoms with Gasteiger partial charge in [0.2, 0.25) is 5.62 Å². The molecule has 0 saturated carbocycles. The van der Waals surface area contributed by atoms with Gasteiger partial charge in [-0.25, -0.2) is 17.6 Å². The van der Waals surface area contributed by atoms with Crippen molar-refractivity contribution < 1.29 is 40.3 Å². The zero-order valence-electron chi connectivity index (χ0n) is 24.6. The zero-order valence-corrected chi connectivity index (χ0v) is 25.4. The second-order valence-corrected chi connectivity index (χ2v) is 9.62. The lowest BCUT2D eigenvalue weighted by Crippen LogP contribution is -2.25. The number of nitrogens with zero attached hydrogens (tertiary/aromatic N) is 2. The summed E-state index contributed by atoms with van der Waals surface area (Å²) in [6.07, 6.45) is -7.89. The number of rotatable bonds is 5. The predicted octanol–water partition coefficient (Wildman–Crippen LogP) is 7.81. The van der Waals surface area contributed by atoms with Crippen LogP contribution in [0.4, 0.5) is 36.4 Å². The first kappa shape index (κ1) is 35.2. The molecule has 15 heteroatoms. The summed E-state index contributed by atoms with van der Waals surface area (Å²) >= 11 is 6.28. The summed E-state index contributed by atoms with van der Waals surface area (Å²) < 4.78 is 96.9. The highest BCUT2D eigenvalue weighted by Crippen LogP contribution is 2.43. The number of amides is 2. The number of benzene rings is 3. The molecule has 2 heterocycles. The number of carbonyl (C=O) groups is 2. The first-order chi connectivity index (χ1) is 21.2. The molecule has 2 amide bonds. The molecule has 5 rings (SSSR count). The van der Waals surface area contributed by atoms with Gasteiger partial charge in [-0.2, -0.15) is 13.2 Å². The van der Waals surface area contributed by atoms with Crippen LogP contribution in [0.15, 0.2) is 42.5 Å². The Balaban J connectivity index is 0.00000133. The smallest absolute Gasteiger partial charge is 0.341 e. The van der Waals surface area contributed by atoms with Crippen LogP contribution >= 0.6 is 11.6 Å². The number of aryl methyl sites for hydroxylation is 1. The van der Waals surface area contributed by atoms with Crippen LogP contribution in [0.3, 0.4) is 0 Å². The van der Waals surface area contributed by atoms with E-state index in [4.69, 9.17) is 17.0 Å². The van der Waals surface area contributed by atoms with Crippen molar-refractivity contribution in [3.63, 3.8) is 0 Å². The van der Waals surface area contributed by atoms with Gasteiger partial charge in [0.15, 0.2) is 0 Å². The third kappa shape index (κ3) is 6.85. The van der Waals surface area contributed by atoms with E-state index < -0.39 is 65.4 Å². The Morgan fingerprint density at radius 1 is 1.04 bits per heavy atom. The quantitative estimate of drug-likeness (QED) is 0.191. The van der Waals surface area contributed by atoms with Gasteiger partial charge in [-0.05, 0) is 42.5 Å². The maximum absolute atomic E-state index is 14.2. The molecule has 7 nitrogen and oxygen atoms in total. The van der Waals surface area contributed by atoms with Crippen molar-refractivity contribution in [3.05, 3.63) is 92.6 Å². The molecule has 45 heavy (non-hydrogen) atoms. The Labute approximate surface area is 258 Å². The second kappa shape index (κ2) is 13.8. The number of imidazole rings is 1. The maximum Gasteiger partial charge on any atom is 0.416 e. The van der Waals surface area contributed by atoms with Gasteiger partial charge in [0.25, 0.3) is 18.2 Å². The molecular weight excluding hydrogens is 631 g/mol. The number of halogens is 8. The van der Waals surface area contributed by atoms with Crippen LogP contribution in [0, 0.1) is 17.0 Å². The minimum absolute atomic E-state index is 0.0133. The Kier molecular flexibility index (Phi) is 10.7. The molecule has 1 atom stereocenters. The summed E-state index contributed by atoms with van der Waals surface area (Å²) in [7, 11) is 1.35. The van der Waals surface area contributed by atoms with Crippen LogP contribution < -0.4 is 16.3 Å². The molecule has 1 unspecified atom stereocenters. The molecule has 3 aromatic carbocycles. The van der Waals surface area contributed by atoms with Crippen molar-refractivity contribution in [2.45, 2.75) is 52.9 Å². The highest BCUT2D eigenvalue weighted by molar-refractivity contribution is 6.31. The topological polar surface area (TPSA) is 91.9 Å². The molecule has 1 aromatic heterocycles. The number of carbonyl (C=O) groups excluding carboxylic acids is 2. The van der Waals surface area contributed by atoms with Gasteiger partial charge < -0.3 is 19.8 Å². The van der Waals surface area contributed by atoms with Crippen molar-refractivity contribution >= 4 is 40.1 Å². The number of hydrogen-bond acceptors (Lipinski definition) is 3. The number of anilines is 1. The summed E-state index contributed by atoms with van der Waals surface area (Å²) in [5.41, 5.74) is -3.00. The molecular formula is C30H29ClF7N5O2. The van der Waals surface area contributed by atoms with Crippen LogP contribution in [-0.4, -0.2) is 27.4 Å². The highest BCUT2D eigenvalue weighted by Gasteiger charge is 2.38. The van der Waals surface area contributed by atoms with Crippen LogP contribution in [0.1, 0.15) is 71.1 Å². The molecule has 4 aromatic rings. The first-order valence-electron chi connectivity index (χ1n) is 13.7. The predicted molar refractivity (Wildman–Crippen MR) is 156 cm³/mol. The van der Waals surface area contributed by atoms with E-state index in [2.05, 4.69) is 10.6 Å². The van der Waals surface area contributed by atoms with E-state index in [0.29, 0.717) is 12.1 Å². The number of fused-ring (bicyclic) bond motifs is 3. The lowest BCUT2D eigenvalue weighted by Gasteiger charge is -2.19. The summed E-state index contributed by atoms with van der Waals surface area (Å²) in [5, 5.41) is 13.3. The van der Waals surface area contributed by atoms with Gasteiger partial charge in [0, 0.05) is 34.4 Å². The van der Waals surface area contributed by atoms with Gasteiger partial charge in [0.1, 0.15) is 11.6 Å². The van der Waals surface area contributed by atoms with Crippen molar-refractivity contribution in [2.75, 3.05) is 5.32 Å². The van der Waals surface area contributed by atoms with Crippen LogP contribution in [0.2, 0.25) is 5.02 Å². The number of nitrogens with one attached hydrogen (secondary N) is 3. The minimum Gasteiger partial charge on any atom is -0.341 e. The first-order valence-corrected chi connectivity index (χ1v) is 14.1. The SMILES string of the molecule is CC.CC.Cn1c(=N)n(CC(F)F)c2cc(NC(=O)c3cc(F)cc(C(F)(F)F)c3)c3c(c21)C(=O)NC3c1cc(F)ccc1Cl. The molecule has 0 saturated heterocycles. The Hall–Kier alpha value is -4.33. The standard InChI is InChI=1S/C26H17ClF7N5O2.2C2H6/c1-38-22-17(39(25(38)35)9-18(30)31)8-16(36-23(40)10-4-11(26(32,33)34)6-13(29)5-10)19-20(22)24(41)37-21(19)14-7-12(28)2-3-15(14)27;2*1-2/h2-8,18,21,35H,9H2,1H3,(H,36,40)(H,37,41);2*1-2H3. The van der Waals surface area contributed by atoms with Gasteiger partial charge >= 0.3 is 6.18 Å². The summed E-state index contributed by atoms with van der Waals surface area (Å²) in [6, 6.07) is 4.46. The van der Waals surface area contributed by atoms with E-state index in [1.807, 2.05) is 27.7 Å². The summed E-state index contributed by atoms with van der Waals surface area (Å²) in [4.78, 5) is 26.5. The van der Waals surface area contributed by atoms with Crippen LogP contribution in [0.5, 0.6) is 0 Å². The van der Waals surface area contributed by atoms with E-state index in [1.165, 1.54) is 17.7 Å². The summed E-state index contributed by atoms with van der Waals surface area (Å²) in [5.74, 6) is -4.06. The lowest BCUT2D eigenvalue weighted by atomic mass is 9.95. The van der Waals surface area contributed by atoms with Crippen LogP contribution in [0.25, 0.3) is 11.0 Å². The fourth-order valence-corrected chi connectivity index (χ4v) is 5.13. The molecule has 1 aliphatic heterocycles. The largest absolute Gasteiger partial charge is 0.416 e. The van der Waals surface area contributed by atoms with Gasteiger partial charge in [-0.1, -0.05) is 39.3 Å². The van der Waals surface area contributed by atoms with E-state index in [9.17, 15) is 40.3 Å². The Bertz CT molecular complexity index is 1820. The fraction of sp³-hybridized carbons (Fsp3) is 0.300. The molecule has 0 radical (unpaired) electrons. The van der Waals surface area contributed by atoms with Crippen molar-refractivity contribution in [3.8, 4) is 0 Å². The molecule has 0 bridgehead atoms. The maximum atomic E-state index is 14.2. The average molecular weight is 660 g/mol. The molecule has 0 aliphatic carbocycles. The van der Waals surface area contributed by atoms with Gasteiger partial charge in [-0.3, -0.25) is 15.0 Å². The minimum atomic E-state index is -4.97. The monoisotopic (exact) mass is 659 g/mol. The van der Waals surface area contributed by atoms with Crippen molar-refractivity contribution in [2.24, 2.45) is 7.05 Å². The Morgan fingerprint density at radius 2 is 1.69 bits per heavy atom. The van der Waals surface area contributed by atoms with E-state index in [1.54, 1.807) is 0 Å². The van der Waals surface area contributed by atoms with Gasteiger partial charge in [0.05, 0.1) is 34.7 Å². The zero-order chi connectivity index (χ0) is 34.0. The molecule has 0 fully saturated rings. The average Bonchev–Trinajstić information content (AvgIpc) is 3.44. The molecule has 242 valence electrons. The van der Waals surface area contributed by atoms with Crippen LogP contribution in [-0.2, 0) is 19.8 Å². The lowest BCUT2D eigenvalue weighted by molar-refractivity contribution is -0.137. The molecule has 1 aliphatic rings. The molecule has 3 N–H and O–H groups in total. The third-order valence-electron chi connectivity index (χ3n) is 6.64. The Morgan fingerprint density at radius 3 is 2.29 bits per heavy atom. The van der Waals surface area contributed by atoms with E-state index >= 15 is 0 Å². The summed E-state index contributed by atoms with van der Waals surface area (Å²) in [6.45, 7) is 7.04. The molecule has 0 spiro atoms. The number of hydrogen-bond donors (Lipinski definition) is 3. The normalized spacial score (nSPS) is 13.9. The fourth-order valence-electron chi connectivity index (χ4n) is 4.90. The van der Waals surface area contributed by atoms with Crippen molar-refractivity contribution in [1.29, 1.82) is 5.41 Å². The van der Waals surface area contributed by atoms with E-state index in [-0.39, 0.29) is 44.5 Å². The van der Waals surface area contributed by atoms with Gasteiger partial charge in [-0.15, -0.1) is 0 Å². The van der Waals surface area contributed by atoms with E-state index in [0.717, 1.165) is 22.8 Å². The highest BCUT2D eigenvalue weighted by atomic mass is 35.5. The second-order valence-electron chi connectivity index (χ2n) is 9.22. The number of aromatic nitrogens is 2. The third-order valence-corrected chi connectivity index (χ3v) is 6.98. The van der Waals surface area contributed by atoms with Crippen molar-refractivity contribution in [1.82, 2.24) is 14.5 Å². The number of alkyl halides is 5.